The van der Waals surface area contributed by atoms with Crippen molar-refractivity contribution in [1.82, 2.24) is 9.78 Å². The summed E-state index contributed by atoms with van der Waals surface area (Å²) in [5.41, 5.74) is 1.15. The number of nitrogens with zero attached hydrogens (tertiary/aromatic N) is 2. The Morgan fingerprint density at radius 2 is 2.36 bits per heavy atom. The maximum absolute atomic E-state index is 9.63. The van der Waals surface area contributed by atoms with E-state index in [9.17, 15) is 5.11 Å². The monoisotopic (exact) mass is 194 g/mol. The quantitative estimate of drug-likeness (QED) is 0.772. The predicted octanol–water partition coefficient (Wildman–Crippen LogP) is 1.37. The first-order valence-corrected chi connectivity index (χ1v) is 5.33. The van der Waals surface area contributed by atoms with Gasteiger partial charge in [0.1, 0.15) is 0 Å². The number of aryl methyl sites for hydroxylation is 1. The van der Waals surface area contributed by atoms with Gasteiger partial charge in [0.25, 0.3) is 0 Å². The van der Waals surface area contributed by atoms with Gasteiger partial charge in [-0.2, -0.15) is 5.10 Å². The molecule has 3 nitrogen and oxygen atoms in total. The van der Waals surface area contributed by atoms with E-state index in [-0.39, 0.29) is 6.10 Å². The summed E-state index contributed by atoms with van der Waals surface area (Å²) in [6, 6.07) is 2.07. The van der Waals surface area contributed by atoms with Crippen molar-refractivity contribution in [3.05, 3.63) is 18.0 Å². The smallest absolute Gasteiger partial charge is 0.0627 e. The van der Waals surface area contributed by atoms with Crippen LogP contribution in [0.5, 0.6) is 0 Å². The van der Waals surface area contributed by atoms with Gasteiger partial charge >= 0.3 is 0 Å². The highest BCUT2D eigenvalue weighted by Gasteiger charge is 2.31. The Kier molecular flexibility index (Phi) is 2.59. The van der Waals surface area contributed by atoms with Gasteiger partial charge in [-0.25, -0.2) is 0 Å². The van der Waals surface area contributed by atoms with E-state index in [0.717, 1.165) is 25.0 Å². The Morgan fingerprint density at radius 1 is 1.57 bits per heavy atom. The molecule has 1 N–H and O–H groups in total. The first kappa shape index (κ1) is 9.71. The summed E-state index contributed by atoms with van der Waals surface area (Å²) in [5, 5.41) is 14.0. The zero-order valence-corrected chi connectivity index (χ0v) is 8.85. The summed E-state index contributed by atoms with van der Waals surface area (Å²) < 4.78 is 1.84. The molecule has 0 bridgehead atoms. The van der Waals surface area contributed by atoms with Crippen LogP contribution in [-0.2, 0) is 13.5 Å². The van der Waals surface area contributed by atoms with Crippen LogP contribution in [0.25, 0.3) is 0 Å². The van der Waals surface area contributed by atoms with E-state index in [4.69, 9.17) is 0 Å². The molecule has 3 heteroatoms. The second-order valence-corrected chi connectivity index (χ2v) is 4.45. The van der Waals surface area contributed by atoms with Crippen LogP contribution in [0.4, 0.5) is 0 Å². The lowest BCUT2D eigenvalue weighted by Gasteiger charge is -2.15. The molecule has 1 fully saturated rings. The molecule has 1 heterocycles. The minimum absolute atomic E-state index is 0.0938. The molecule has 0 aliphatic heterocycles. The van der Waals surface area contributed by atoms with Crippen molar-refractivity contribution in [2.24, 2.45) is 18.9 Å². The van der Waals surface area contributed by atoms with Crippen molar-refractivity contribution in [2.75, 3.05) is 0 Å². The summed E-state index contributed by atoms with van der Waals surface area (Å²) in [6.45, 7) is 2.14. The van der Waals surface area contributed by atoms with E-state index in [1.54, 1.807) is 0 Å². The van der Waals surface area contributed by atoms with E-state index in [1.807, 2.05) is 17.9 Å². The lowest BCUT2D eigenvalue weighted by molar-refractivity contribution is 0.127. The summed E-state index contributed by atoms with van der Waals surface area (Å²) in [5.74, 6) is 1.04. The molecule has 2 rings (SSSR count). The van der Waals surface area contributed by atoms with Crippen LogP contribution in [-0.4, -0.2) is 21.0 Å². The van der Waals surface area contributed by atoms with E-state index in [2.05, 4.69) is 18.1 Å². The molecule has 0 saturated heterocycles. The average Bonchev–Trinajstić information content (AvgIpc) is 2.67. The topological polar surface area (TPSA) is 38.0 Å². The van der Waals surface area contributed by atoms with Crippen LogP contribution in [0.15, 0.2) is 12.3 Å². The highest BCUT2D eigenvalue weighted by Crippen LogP contribution is 2.33. The van der Waals surface area contributed by atoms with Gasteiger partial charge in [0.05, 0.1) is 11.8 Å². The van der Waals surface area contributed by atoms with E-state index >= 15 is 0 Å². The molecule has 1 aliphatic carbocycles. The zero-order valence-electron chi connectivity index (χ0n) is 8.85. The maximum atomic E-state index is 9.63. The van der Waals surface area contributed by atoms with Crippen molar-refractivity contribution in [3.63, 3.8) is 0 Å². The highest BCUT2D eigenvalue weighted by atomic mass is 16.3. The van der Waals surface area contributed by atoms with Gasteiger partial charge in [-0.15, -0.1) is 0 Å². The molecule has 0 amide bonds. The standard InChI is InChI=1S/C11H18N2O/c1-8-9(3-4-11(8)14)7-10-5-6-13(2)12-10/h5-6,8-9,11,14H,3-4,7H2,1-2H3. The third kappa shape index (κ3) is 1.82. The van der Waals surface area contributed by atoms with Gasteiger partial charge in [0.15, 0.2) is 0 Å². The fourth-order valence-corrected chi connectivity index (χ4v) is 2.35. The molecule has 1 saturated carbocycles. The van der Waals surface area contributed by atoms with E-state index < -0.39 is 0 Å². The summed E-state index contributed by atoms with van der Waals surface area (Å²) in [7, 11) is 1.94. The average molecular weight is 194 g/mol. The molecular formula is C11H18N2O. The zero-order chi connectivity index (χ0) is 10.1. The van der Waals surface area contributed by atoms with Crippen LogP contribution in [0, 0.1) is 11.8 Å². The van der Waals surface area contributed by atoms with Crippen LogP contribution in [0.3, 0.4) is 0 Å². The number of aliphatic hydroxyl groups excluding tert-OH is 1. The second-order valence-electron chi connectivity index (χ2n) is 4.45. The van der Waals surface area contributed by atoms with Crippen LogP contribution < -0.4 is 0 Å². The number of hydrogen-bond acceptors (Lipinski definition) is 2. The van der Waals surface area contributed by atoms with Crippen molar-refractivity contribution in [1.29, 1.82) is 0 Å². The van der Waals surface area contributed by atoms with E-state index in [0.29, 0.717) is 11.8 Å². The first-order chi connectivity index (χ1) is 6.66. The number of hydrogen-bond donors (Lipinski definition) is 1. The lowest BCUT2D eigenvalue weighted by atomic mass is 9.92. The first-order valence-electron chi connectivity index (χ1n) is 5.33. The van der Waals surface area contributed by atoms with Gasteiger partial charge in [-0.3, -0.25) is 4.68 Å². The molecule has 1 aliphatic rings. The molecule has 0 spiro atoms. The minimum Gasteiger partial charge on any atom is -0.393 e. The Morgan fingerprint density at radius 3 is 2.86 bits per heavy atom. The lowest BCUT2D eigenvalue weighted by Crippen LogP contribution is -2.17. The molecule has 78 valence electrons. The fraction of sp³-hybridized carbons (Fsp3) is 0.727. The van der Waals surface area contributed by atoms with Crippen molar-refractivity contribution < 1.29 is 5.11 Å². The third-order valence-electron chi connectivity index (χ3n) is 3.42. The van der Waals surface area contributed by atoms with Crippen LogP contribution >= 0.6 is 0 Å². The largest absolute Gasteiger partial charge is 0.393 e. The van der Waals surface area contributed by atoms with Crippen LogP contribution in [0.2, 0.25) is 0 Å². The van der Waals surface area contributed by atoms with Crippen molar-refractivity contribution in [2.45, 2.75) is 32.3 Å². The minimum atomic E-state index is -0.0938. The SMILES string of the molecule is CC1C(O)CCC1Cc1ccn(C)n1. The Labute approximate surface area is 84.7 Å². The van der Waals surface area contributed by atoms with E-state index in [1.165, 1.54) is 0 Å². The Bertz CT molecular complexity index is 308. The summed E-state index contributed by atoms with van der Waals surface area (Å²) >= 11 is 0. The third-order valence-corrected chi connectivity index (χ3v) is 3.42. The number of aromatic nitrogens is 2. The Hall–Kier alpha value is -0.830. The summed E-state index contributed by atoms with van der Waals surface area (Å²) in [4.78, 5) is 0. The van der Waals surface area contributed by atoms with Crippen LogP contribution in [0.1, 0.15) is 25.5 Å². The maximum Gasteiger partial charge on any atom is 0.0627 e. The molecule has 14 heavy (non-hydrogen) atoms. The highest BCUT2D eigenvalue weighted by molar-refractivity contribution is 5.01. The van der Waals surface area contributed by atoms with Gasteiger partial charge < -0.3 is 5.11 Å². The molecule has 0 radical (unpaired) electrons. The van der Waals surface area contributed by atoms with Gasteiger partial charge in [-0.1, -0.05) is 6.92 Å². The predicted molar refractivity (Wildman–Crippen MR) is 54.8 cm³/mol. The van der Waals surface area contributed by atoms with Gasteiger partial charge in [-0.05, 0) is 37.2 Å². The van der Waals surface area contributed by atoms with Gasteiger partial charge in [0.2, 0.25) is 0 Å². The van der Waals surface area contributed by atoms with Crippen molar-refractivity contribution in [3.8, 4) is 0 Å². The normalized spacial score (nSPS) is 32.4. The molecule has 3 atom stereocenters. The Balaban J connectivity index is 1.98. The summed E-state index contributed by atoms with van der Waals surface area (Å²) in [6.07, 6.45) is 4.99. The molecule has 1 aromatic rings. The van der Waals surface area contributed by atoms with Crippen molar-refractivity contribution >= 4 is 0 Å². The fourth-order valence-electron chi connectivity index (χ4n) is 2.35. The number of aliphatic hydroxyl groups is 1. The molecule has 3 unspecified atom stereocenters. The molecule has 1 aromatic heterocycles. The number of rotatable bonds is 2. The molecule has 0 aromatic carbocycles. The molecular weight excluding hydrogens is 176 g/mol. The van der Waals surface area contributed by atoms with Gasteiger partial charge in [0, 0.05) is 13.2 Å². The second kappa shape index (κ2) is 3.73.